The number of halogens is 1. The van der Waals surface area contributed by atoms with Gasteiger partial charge in [0.25, 0.3) is 0 Å². The van der Waals surface area contributed by atoms with E-state index in [0.29, 0.717) is 23.8 Å². The topological polar surface area (TPSA) is 19.0 Å². The molecule has 0 N–H and O–H groups in total. The van der Waals surface area contributed by atoms with Crippen LogP contribution in [0.5, 0.6) is 5.75 Å². The van der Waals surface area contributed by atoms with Crippen LogP contribution in [-0.4, -0.2) is 61.2 Å². The van der Waals surface area contributed by atoms with Gasteiger partial charge in [0.15, 0.2) is 0 Å². The molecule has 0 aromatic heterocycles. The number of rotatable bonds is 12. The number of fused-ring (bicyclic) bond motifs is 2. The van der Waals surface area contributed by atoms with Gasteiger partial charge in [-0.25, -0.2) is 0 Å². The first-order chi connectivity index (χ1) is 22.4. The van der Waals surface area contributed by atoms with Gasteiger partial charge in [0.2, 0.25) is 0 Å². The van der Waals surface area contributed by atoms with Crippen molar-refractivity contribution in [2.45, 2.75) is 104 Å². The normalized spacial score (nSPS) is 26.6. The van der Waals surface area contributed by atoms with E-state index in [4.69, 9.17) is 16.3 Å². The largest absolute Gasteiger partial charge is 0.482 e. The highest BCUT2D eigenvalue weighted by atomic mass is 35.5. The summed E-state index contributed by atoms with van der Waals surface area (Å²) < 4.78 is 6.86. The second-order valence-corrected chi connectivity index (χ2v) is 15.1. The number of piperazine rings is 1. The molecule has 1 aliphatic carbocycles. The van der Waals surface area contributed by atoms with E-state index in [9.17, 15) is 0 Å². The maximum Gasteiger partial charge on any atom is 0.143 e. The van der Waals surface area contributed by atoms with Gasteiger partial charge in [0, 0.05) is 43.3 Å². The van der Waals surface area contributed by atoms with Gasteiger partial charge in [-0.2, -0.15) is 0 Å². The van der Waals surface area contributed by atoms with Crippen LogP contribution in [0.25, 0.3) is 5.57 Å². The van der Waals surface area contributed by atoms with Crippen molar-refractivity contribution in [2.75, 3.05) is 44.2 Å². The molecular weight excluding hydrogens is 586 g/mol. The zero-order valence-corrected chi connectivity index (χ0v) is 29.8. The second kappa shape index (κ2) is 15.3. The van der Waals surface area contributed by atoms with Crippen LogP contribution in [0, 0.1) is 17.8 Å². The van der Waals surface area contributed by atoms with Crippen molar-refractivity contribution in [3.8, 4) is 5.75 Å². The number of nitrogens with zero attached hydrogens (tertiary/aromatic N) is 3. The number of piperidine rings is 1. The molecule has 4 nitrogen and oxygen atoms in total. The minimum atomic E-state index is -0.0105. The summed E-state index contributed by atoms with van der Waals surface area (Å²) in [6.07, 6.45) is 16.1. The quantitative estimate of drug-likeness (QED) is 0.214. The molecule has 3 aliphatic heterocycles. The number of aryl methyl sites for hydroxylation is 1. The van der Waals surface area contributed by atoms with Crippen LogP contribution in [0.2, 0.25) is 5.02 Å². The van der Waals surface area contributed by atoms with Crippen LogP contribution >= 0.6 is 11.6 Å². The molecule has 2 aromatic rings. The molecule has 0 spiro atoms. The van der Waals surface area contributed by atoms with Gasteiger partial charge in [-0.1, -0.05) is 83.0 Å². The van der Waals surface area contributed by atoms with Crippen molar-refractivity contribution in [3.63, 3.8) is 0 Å². The minimum Gasteiger partial charge on any atom is -0.482 e. The Morgan fingerprint density at radius 2 is 1.89 bits per heavy atom. The maximum atomic E-state index is 6.86. The van der Waals surface area contributed by atoms with Crippen LogP contribution in [-0.2, 0) is 6.42 Å². The van der Waals surface area contributed by atoms with Crippen molar-refractivity contribution in [3.05, 3.63) is 76.8 Å². The number of benzene rings is 2. The Balaban J connectivity index is 1.28. The number of ether oxygens (including phenoxy) is 1. The predicted octanol–water partition coefficient (Wildman–Crippen LogP) is 9.82. The first kappa shape index (κ1) is 33.6. The molecule has 4 aliphatic rings. The Bertz CT molecular complexity index is 1370. The number of anilines is 1. The third-order valence-corrected chi connectivity index (χ3v) is 12.0. The number of hydrogen-bond donors (Lipinski definition) is 0. The molecule has 2 aromatic carbocycles. The summed E-state index contributed by atoms with van der Waals surface area (Å²) in [5.41, 5.74) is 6.32. The Labute approximate surface area is 284 Å². The maximum absolute atomic E-state index is 6.86. The lowest BCUT2D eigenvalue weighted by Gasteiger charge is -2.52. The predicted molar refractivity (Wildman–Crippen MR) is 196 cm³/mol. The molecule has 0 bridgehead atoms. The van der Waals surface area contributed by atoms with E-state index in [-0.39, 0.29) is 6.10 Å². The van der Waals surface area contributed by atoms with Gasteiger partial charge in [-0.05, 0) is 116 Å². The summed E-state index contributed by atoms with van der Waals surface area (Å²) in [5, 5.41) is 0.811. The third-order valence-electron chi connectivity index (χ3n) is 11.7. The summed E-state index contributed by atoms with van der Waals surface area (Å²) >= 11 is 6.49. The highest BCUT2D eigenvalue weighted by molar-refractivity contribution is 6.30. The average molecular weight is 644 g/mol. The Kier molecular flexibility index (Phi) is 11.2. The minimum absolute atomic E-state index is 0.0105. The van der Waals surface area contributed by atoms with Crippen LogP contribution < -0.4 is 9.64 Å². The molecule has 250 valence electrons. The van der Waals surface area contributed by atoms with Gasteiger partial charge in [0.05, 0.1) is 12.2 Å². The molecule has 6 rings (SSSR count). The molecule has 3 heterocycles. The summed E-state index contributed by atoms with van der Waals surface area (Å²) in [4.78, 5) is 8.32. The molecule has 2 saturated heterocycles. The zero-order valence-electron chi connectivity index (χ0n) is 29.0. The van der Waals surface area contributed by atoms with E-state index in [1.54, 1.807) is 0 Å². The van der Waals surface area contributed by atoms with E-state index >= 15 is 0 Å². The number of hydrogen-bond acceptors (Lipinski definition) is 4. The molecular formula is C41H58ClN3O. The van der Waals surface area contributed by atoms with E-state index in [0.717, 1.165) is 55.6 Å². The summed E-state index contributed by atoms with van der Waals surface area (Å²) in [6.45, 7) is 20.5. The molecule has 0 amide bonds. The van der Waals surface area contributed by atoms with Crippen LogP contribution in [0.4, 0.5) is 5.69 Å². The average Bonchev–Trinajstić information content (AvgIpc) is 3.07. The molecule has 5 heteroatoms. The second-order valence-electron chi connectivity index (χ2n) is 14.6. The van der Waals surface area contributed by atoms with Gasteiger partial charge in [0.1, 0.15) is 11.9 Å². The highest BCUT2D eigenvalue weighted by Crippen LogP contribution is 2.46. The lowest BCUT2D eigenvalue weighted by atomic mass is 9.68. The fourth-order valence-electron chi connectivity index (χ4n) is 8.61. The van der Waals surface area contributed by atoms with Crippen molar-refractivity contribution in [2.24, 2.45) is 17.8 Å². The van der Waals surface area contributed by atoms with Crippen LogP contribution in [0.3, 0.4) is 0 Å². The van der Waals surface area contributed by atoms with E-state index in [1.165, 1.54) is 86.2 Å². The first-order valence-corrected chi connectivity index (χ1v) is 19.0. The molecule has 6 atom stereocenters. The summed E-state index contributed by atoms with van der Waals surface area (Å²) in [6, 6.07) is 14.5. The zero-order chi connectivity index (χ0) is 32.2. The SMILES string of the molecule is C=C(c1ccc2c(c1)N(CC1CCC1C(/C=C/CC)N1CCN3CCCCC3C1)CC(c1ccc(Cl)cc1CCC)O2)C(C)CC. The number of allylic oxidation sites excluding steroid dienone is 2. The fourth-order valence-corrected chi connectivity index (χ4v) is 8.80. The standard InChI is InChI=1S/C41H58ClN3O/c1-6-9-14-38(44-23-22-43-21-11-10-13-35(43)27-44)36-18-15-33(36)26-45-28-41(37-19-17-34(42)24-32(37)12-7-2)46-40-20-16-31(25-39(40)45)30(5)29(4)8-3/h9,14,16-17,19-20,24-25,29,33,35-36,38,41H,5-8,10-13,15,18,21-23,26-28H2,1-4H3/b14-9+. The van der Waals surface area contributed by atoms with E-state index in [2.05, 4.69) is 91.5 Å². The van der Waals surface area contributed by atoms with E-state index < -0.39 is 0 Å². The molecule has 1 saturated carbocycles. The highest BCUT2D eigenvalue weighted by Gasteiger charge is 2.42. The van der Waals surface area contributed by atoms with Crippen molar-refractivity contribution < 1.29 is 4.74 Å². The molecule has 0 radical (unpaired) electrons. The van der Waals surface area contributed by atoms with Gasteiger partial charge in [-0.3, -0.25) is 9.80 Å². The van der Waals surface area contributed by atoms with E-state index in [1.807, 2.05) is 6.07 Å². The Morgan fingerprint density at radius 3 is 2.65 bits per heavy atom. The van der Waals surface area contributed by atoms with Crippen molar-refractivity contribution in [1.82, 2.24) is 9.80 Å². The smallest absolute Gasteiger partial charge is 0.143 e. The van der Waals surface area contributed by atoms with Crippen molar-refractivity contribution >= 4 is 22.9 Å². The van der Waals surface area contributed by atoms with Crippen LogP contribution in [0.1, 0.15) is 102 Å². The Hall–Kier alpha value is -2.27. The lowest BCUT2D eigenvalue weighted by Crippen LogP contribution is -2.60. The summed E-state index contributed by atoms with van der Waals surface area (Å²) in [7, 11) is 0. The van der Waals surface area contributed by atoms with Crippen LogP contribution in [0.15, 0.2) is 55.1 Å². The molecule has 46 heavy (non-hydrogen) atoms. The van der Waals surface area contributed by atoms with Gasteiger partial charge in [-0.15, -0.1) is 0 Å². The Morgan fingerprint density at radius 1 is 1.02 bits per heavy atom. The summed E-state index contributed by atoms with van der Waals surface area (Å²) in [5.74, 6) is 2.83. The molecule has 6 unspecified atom stereocenters. The van der Waals surface area contributed by atoms with Crippen molar-refractivity contribution in [1.29, 1.82) is 0 Å². The fraction of sp³-hybridized carbons (Fsp3) is 0.610. The lowest BCUT2D eigenvalue weighted by molar-refractivity contribution is -0.00182. The van der Waals surface area contributed by atoms with Gasteiger partial charge < -0.3 is 9.64 Å². The molecule has 3 fully saturated rings. The third kappa shape index (κ3) is 7.25. The monoisotopic (exact) mass is 643 g/mol. The van der Waals surface area contributed by atoms with Gasteiger partial charge >= 0.3 is 0 Å². The first-order valence-electron chi connectivity index (χ1n) is 18.6.